The van der Waals surface area contributed by atoms with Gasteiger partial charge in [-0.3, -0.25) is 4.40 Å². The number of fused-ring (bicyclic) bond motifs is 1. The molecule has 5 rings (SSSR count). The third kappa shape index (κ3) is 5.82. The summed E-state index contributed by atoms with van der Waals surface area (Å²) in [5.41, 5.74) is -0.703. The lowest BCUT2D eigenvalue weighted by molar-refractivity contribution is -0.142. The van der Waals surface area contributed by atoms with E-state index in [0.717, 1.165) is 31.3 Å². The molecular formula is C25H29F3N6O4. The van der Waals surface area contributed by atoms with Crippen LogP contribution >= 0.6 is 0 Å². The van der Waals surface area contributed by atoms with Gasteiger partial charge in [-0.15, -0.1) is 10.2 Å². The highest BCUT2D eigenvalue weighted by Crippen LogP contribution is 2.37. The number of aromatic nitrogens is 5. The second-order valence-corrected chi connectivity index (χ2v) is 10.6. The first kappa shape index (κ1) is 26.1. The number of nitrogens with one attached hydrogen (secondary N) is 1. The molecule has 2 atom stereocenters. The number of rotatable bonds is 6. The summed E-state index contributed by atoms with van der Waals surface area (Å²) in [5, 5.41) is 11.8. The van der Waals surface area contributed by atoms with Crippen LogP contribution in [-0.2, 0) is 15.7 Å². The van der Waals surface area contributed by atoms with Crippen molar-refractivity contribution < 1.29 is 32.2 Å². The number of halogens is 3. The first-order valence-corrected chi connectivity index (χ1v) is 12.5. The number of hydrogen-bond acceptors (Lipinski definition) is 9. The van der Waals surface area contributed by atoms with E-state index < -0.39 is 35.3 Å². The van der Waals surface area contributed by atoms with Crippen LogP contribution < -0.4 is 10.1 Å². The molecule has 38 heavy (non-hydrogen) atoms. The van der Waals surface area contributed by atoms with E-state index in [2.05, 4.69) is 25.5 Å². The van der Waals surface area contributed by atoms with E-state index in [0.29, 0.717) is 17.6 Å². The van der Waals surface area contributed by atoms with E-state index in [9.17, 15) is 18.0 Å². The molecule has 10 nitrogen and oxygen atoms in total. The molecule has 1 aliphatic heterocycles. The Balaban J connectivity index is 1.30. The highest BCUT2D eigenvalue weighted by Gasteiger charge is 2.38. The Bertz CT molecular complexity index is 1320. The van der Waals surface area contributed by atoms with Crippen molar-refractivity contribution in [3.05, 3.63) is 41.5 Å². The summed E-state index contributed by atoms with van der Waals surface area (Å²) in [6.07, 6.45) is 0.611. The molecule has 2 fully saturated rings. The Morgan fingerprint density at radius 3 is 2.66 bits per heavy atom. The summed E-state index contributed by atoms with van der Waals surface area (Å²) in [5.74, 6) is -0.0615. The van der Waals surface area contributed by atoms with E-state index in [1.54, 1.807) is 39.1 Å². The van der Waals surface area contributed by atoms with Crippen LogP contribution in [0, 0.1) is 0 Å². The van der Waals surface area contributed by atoms with Crippen molar-refractivity contribution in [1.29, 1.82) is 0 Å². The number of carbonyl (C=O) groups excluding carboxylic acids is 1. The molecule has 4 heterocycles. The molecule has 3 aromatic rings. The van der Waals surface area contributed by atoms with Crippen LogP contribution in [0.1, 0.15) is 74.1 Å². The fraction of sp³-hybridized carbons (Fsp3) is 0.560. The lowest BCUT2D eigenvalue weighted by Gasteiger charge is -2.29. The van der Waals surface area contributed by atoms with Crippen LogP contribution in [-0.4, -0.2) is 61.5 Å². The average molecular weight is 535 g/mol. The van der Waals surface area contributed by atoms with Gasteiger partial charge in [-0.1, -0.05) is 6.42 Å². The summed E-state index contributed by atoms with van der Waals surface area (Å²) < 4.78 is 58.0. The molecular weight excluding hydrogens is 505 g/mol. The van der Waals surface area contributed by atoms with Crippen molar-refractivity contribution in [3.63, 3.8) is 0 Å². The van der Waals surface area contributed by atoms with Crippen LogP contribution in [0.25, 0.3) is 5.65 Å². The van der Waals surface area contributed by atoms with Crippen LogP contribution in [0.15, 0.2) is 24.5 Å². The quantitative estimate of drug-likeness (QED) is 0.460. The second-order valence-electron chi connectivity index (χ2n) is 10.6. The summed E-state index contributed by atoms with van der Waals surface area (Å²) in [6, 6.07) is 3.24. The molecule has 13 heteroatoms. The number of pyridine rings is 1. The number of esters is 1. The number of nitrogens with zero attached hydrogens (tertiary/aromatic N) is 5. The molecule has 1 saturated heterocycles. The first-order valence-electron chi connectivity index (χ1n) is 12.5. The number of ether oxygens (including phenoxy) is 3. The summed E-state index contributed by atoms with van der Waals surface area (Å²) in [4.78, 5) is 20.4. The van der Waals surface area contributed by atoms with Gasteiger partial charge < -0.3 is 19.5 Å². The molecule has 0 unspecified atom stereocenters. The van der Waals surface area contributed by atoms with Gasteiger partial charge in [0.05, 0.1) is 18.8 Å². The fourth-order valence-corrected chi connectivity index (χ4v) is 4.55. The lowest BCUT2D eigenvalue weighted by atomic mass is 9.85. The van der Waals surface area contributed by atoms with E-state index in [4.69, 9.17) is 14.2 Å². The molecule has 0 radical (unpaired) electrons. The average Bonchev–Trinajstić information content (AvgIpc) is 3.23. The lowest BCUT2D eigenvalue weighted by Crippen LogP contribution is -2.39. The molecule has 0 bridgehead atoms. The molecule has 1 saturated carbocycles. The standard InChI is InChI=1S/C25H29F3N6O4/c1-24(2,3)38-22(35)15-7-8-34-19(10-15)32-33-20(34)14-5-4-6-16(9-14)30-23-29-11-18(25(26,27)28)21(31-23)37-17-12-36-13-17/h7-8,10-11,14,16-17H,4-6,9,12-13H2,1-3H3,(H,29,30,31)/t14-,16+/m0/s1. The van der Waals surface area contributed by atoms with E-state index >= 15 is 0 Å². The van der Waals surface area contributed by atoms with Gasteiger partial charge in [-0.05, 0) is 52.2 Å². The minimum atomic E-state index is -4.63. The van der Waals surface area contributed by atoms with Crippen molar-refractivity contribution in [2.24, 2.45) is 0 Å². The van der Waals surface area contributed by atoms with Gasteiger partial charge in [0.25, 0.3) is 0 Å². The first-order chi connectivity index (χ1) is 18.0. The summed E-state index contributed by atoms with van der Waals surface area (Å²) >= 11 is 0. The Hall–Kier alpha value is -3.48. The van der Waals surface area contributed by atoms with Crippen LogP contribution in [0.4, 0.5) is 19.1 Å². The Morgan fingerprint density at radius 2 is 1.97 bits per heavy atom. The molecule has 1 N–H and O–H groups in total. The van der Waals surface area contributed by atoms with Gasteiger partial charge in [0.15, 0.2) is 5.65 Å². The van der Waals surface area contributed by atoms with Crippen molar-refractivity contribution in [2.75, 3.05) is 18.5 Å². The molecule has 0 amide bonds. The Morgan fingerprint density at radius 1 is 1.18 bits per heavy atom. The monoisotopic (exact) mass is 534 g/mol. The maximum absolute atomic E-state index is 13.4. The number of alkyl halides is 3. The predicted molar refractivity (Wildman–Crippen MR) is 129 cm³/mol. The Kier molecular flexibility index (Phi) is 6.88. The summed E-state index contributed by atoms with van der Waals surface area (Å²) in [7, 11) is 0. The smallest absolute Gasteiger partial charge is 0.423 e. The zero-order valence-corrected chi connectivity index (χ0v) is 21.3. The summed E-state index contributed by atoms with van der Waals surface area (Å²) in [6.45, 7) is 5.86. The minimum absolute atomic E-state index is 0.0425. The normalized spacial score (nSPS) is 20.7. The van der Waals surface area contributed by atoms with Crippen molar-refractivity contribution in [3.8, 4) is 5.88 Å². The predicted octanol–water partition coefficient (Wildman–Crippen LogP) is 4.41. The maximum atomic E-state index is 13.4. The number of carbonyl (C=O) groups is 1. The molecule has 3 aromatic heterocycles. The SMILES string of the molecule is CC(C)(C)OC(=O)c1ccn2c([C@H]3CCC[C@@H](Nc4ncc(C(F)(F)F)c(OC5COC5)n4)C3)nnc2c1. The third-order valence-electron chi connectivity index (χ3n) is 6.39. The zero-order valence-electron chi connectivity index (χ0n) is 21.3. The van der Waals surface area contributed by atoms with Crippen LogP contribution in [0.5, 0.6) is 5.88 Å². The molecule has 0 aromatic carbocycles. The Labute approximate surface area is 216 Å². The molecule has 2 aliphatic rings. The van der Waals surface area contributed by atoms with Gasteiger partial charge >= 0.3 is 12.1 Å². The largest absolute Gasteiger partial charge is 0.469 e. The molecule has 204 valence electrons. The van der Waals surface area contributed by atoms with Gasteiger partial charge in [-0.25, -0.2) is 9.78 Å². The van der Waals surface area contributed by atoms with E-state index in [-0.39, 0.29) is 31.1 Å². The fourth-order valence-electron chi connectivity index (χ4n) is 4.55. The minimum Gasteiger partial charge on any atom is -0.469 e. The molecule has 0 spiro atoms. The number of hydrogen-bond donors (Lipinski definition) is 1. The number of anilines is 1. The highest BCUT2D eigenvalue weighted by molar-refractivity contribution is 5.90. The van der Waals surface area contributed by atoms with Gasteiger partial charge in [-0.2, -0.15) is 18.2 Å². The van der Waals surface area contributed by atoms with E-state index in [1.165, 1.54) is 0 Å². The van der Waals surface area contributed by atoms with E-state index in [1.807, 2.05) is 4.40 Å². The van der Waals surface area contributed by atoms with Crippen molar-refractivity contribution >= 4 is 17.6 Å². The van der Waals surface area contributed by atoms with Crippen LogP contribution in [0.3, 0.4) is 0 Å². The van der Waals surface area contributed by atoms with Gasteiger partial charge in [0, 0.05) is 24.4 Å². The van der Waals surface area contributed by atoms with Gasteiger partial charge in [0.2, 0.25) is 11.8 Å². The highest BCUT2D eigenvalue weighted by atomic mass is 19.4. The van der Waals surface area contributed by atoms with Crippen LogP contribution in [0.2, 0.25) is 0 Å². The van der Waals surface area contributed by atoms with Crippen molar-refractivity contribution in [2.45, 2.75) is 76.3 Å². The zero-order chi connectivity index (χ0) is 27.1. The van der Waals surface area contributed by atoms with Gasteiger partial charge in [0.1, 0.15) is 23.1 Å². The topological polar surface area (TPSA) is 113 Å². The molecule has 1 aliphatic carbocycles. The second kappa shape index (κ2) is 10.0. The van der Waals surface area contributed by atoms with Crippen molar-refractivity contribution in [1.82, 2.24) is 24.6 Å². The third-order valence-corrected chi connectivity index (χ3v) is 6.39. The maximum Gasteiger partial charge on any atom is 0.423 e.